The molecular weight excluding hydrogens is 443 g/mol. The Balaban J connectivity index is 1.62. The summed E-state index contributed by atoms with van der Waals surface area (Å²) in [5, 5.41) is 0. The first-order valence-corrected chi connectivity index (χ1v) is 10.8. The van der Waals surface area contributed by atoms with Crippen molar-refractivity contribution < 1.29 is 23.5 Å². The molecule has 0 saturated heterocycles. The molecule has 176 valence electrons. The molecule has 4 rings (SSSR count). The number of alkyl halides is 1. The van der Waals surface area contributed by atoms with Gasteiger partial charge < -0.3 is 9.47 Å². The third-order valence-corrected chi connectivity index (χ3v) is 6.03. The van der Waals surface area contributed by atoms with E-state index in [1.165, 1.54) is 13.1 Å². The van der Waals surface area contributed by atoms with Crippen molar-refractivity contribution in [3.63, 3.8) is 0 Å². The normalized spacial score (nSPS) is 23.9. The molecule has 0 bridgehead atoms. The molecule has 0 amide bonds. The van der Waals surface area contributed by atoms with Crippen LogP contribution in [-0.4, -0.2) is 39.9 Å². The minimum atomic E-state index is -2.20. The Bertz CT molecular complexity index is 1290. The number of aromatic amines is 1. The summed E-state index contributed by atoms with van der Waals surface area (Å²) in [6.45, 7) is 1.01. The Morgan fingerprint density at radius 1 is 1.00 bits per heavy atom. The number of benzene rings is 2. The van der Waals surface area contributed by atoms with Crippen molar-refractivity contribution in [2.45, 2.75) is 31.2 Å². The fourth-order valence-corrected chi connectivity index (χ4v) is 4.31. The molecule has 4 atom stereocenters. The molecular formula is C25H23FN2O6. The Hall–Kier alpha value is -4.01. The zero-order valence-corrected chi connectivity index (χ0v) is 18.3. The summed E-state index contributed by atoms with van der Waals surface area (Å²) in [4.78, 5) is 51.1. The van der Waals surface area contributed by atoms with Crippen LogP contribution in [0.25, 0.3) is 0 Å². The van der Waals surface area contributed by atoms with Crippen molar-refractivity contribution in [2.75, 3.05) is 6.61 Å². The Kier molecular flexibility index (Phi) is 6.45. The first kappa shape index (κ1) is 23.2. The molecule has 1 aliphatic carbocycles. The van der Waals surface area contributed by atoms with Crippen LogP contribution in [-0.2, 0) is 9.47 Å². The van der Waals surface area contributed by atoms with Crippen LogP contribution in [0.4, 0.5) is 4.39 Å². The number of carbonyl (C=O) groups is 2. The largest absolute Gasteiger partial charge is 0.462 e. The topological polar surface area (TPSA) is 107 Å². The predicted octanol–water partition coefficient (Wildman–Crippen LogP) is 2.91. The van der Waals surface area contributed by atoms with Gasteiger partial charge in [0, 0.05) is 18.2 Å². The number of rotatable bonds is 6. The molecule has 8 nitrogen and oxygen atoms in total. The van der Waals surface area contributed by atoms with Gasteiger partial charge in [-0.3, -0.25) is 14.3 Å². The highest BCUT2D eigenvalue weighted by molar-refractivity contribution is 5.90. The maximum absolute atomic E-state index is 16.2. The van der Waals surface area contributed by atoms with Crippen LogP contribution in [0.15, 0.2) is 82.5 Å². The monoisotopic (exact) mass is 466 g/mol. The third-order valence-electron chi connectivity index (χ3n) is 6.03. The quantitative estimate of drug-likeness (QED) is 0.560. The Morgan fingerprint density at radius 3 is 2.18 bits per heavy atom. The number of esters is 2. The average Bonchev–Trinajstić information content (AvgIpc) is 3.08. The molecule has 1 aromatic heterocycles. The lowest BCUT2D eigenvalue weighted by Gasteiger charge is -2.30. The van der Waals surface area contributed by atoms with Crippen molar-refractivity contribution in [3.8, 4) is 0 Å². The lowest BCUT2D eigenvalue weighted by Crippen LogP contribution is -2.45. The van der Waals surface area contributed by atoms with E-state index >= 15 is 4.39 Å². The molecule has 3 aromatic rings. The summed E-state index contributed by atoms with van der Waals surface area (Å²) < 4.78 is 28.3. The smallest absolute Gasteiger partial charge is 0.338 e. The molecule has 1 saturated carbocycles. The van der Waals surface area contributed by atoms with E-state index in [0.29, 0.717) is 5.56 Å². The predicted molar refractivity (Wildman–Crippen MR) is 120 cm³/mol. The van der Waals surface area contributed by atoms with Crippen molar-refractivity contribution in [1.29, 1.82) is 0 Å². The summed E-state index contributed by atoms with van der Waals surface area (Å²) in [6, 6.07) is 16.5. The van der Waals surface area contributed by atoms with Crippen molar-refractivity contribution in [1.82, 2.24) is 9.55 Å². The molecule has 0 unspecified atom stereocenters. The number of carbonyl (C=O) groups excluding carboxylic acids is 2. The number of aromatic nitrogens is 2. The van der Waals surface area contributed by atoms with E-state index in [9.17, 15) is 19.2 Å². The van der Waals surface area contributed by atoms with Crippen LogP contribution in [0.2, 0.25) is 0 Å². The summed E-state index contributed by atoms with van der Waals surface area (Å²) in [5.41, 5.74) is -3.02. The number of H-pyrrole nitrogens is 1. The summed E-state index contributed by atoms with van der Waals surface area (Å²) >= 11 is 0. The van der Waals surface area contributed by atoms with Gasteiger partial charge in [-0.15, -0.1) is 0 Å². The molecule has 1 N–H and O–H groups in total. The van der Waals surface area contributed by atoms with Gasteiger partial charge in [-0.2, -0.15) is 0 Å². The SMILES string of the molecule is C[C@@]1(F)[C@H](OC(=O)c2ccccc2)[C@@H](COC(=O)c2ccccc2)C[C@H]1n1ccc(=O)[nH]c1=O. The van der Waals surface area contributed by atoms with E-state index in [-0.39, 0.29) is 18.6 Å². The van der Waals surface area contributed by atoms with Crippen LogP contribution >= 0.6 is 0 Å². The first-order chi connectivity index (χ1) is 16.3. The number of ether oxygens (including phenoxy) is 2. The van der Waals surface area contributed by atoms with Gasteiger partial charge in [0.2, 0.25) is 0 Å². The first-order valence-electron chi connectivity index (χ1n) is 10.8. The van der Waals surface area contributed by atoms with Gasteiger partial charge in [0.15, 0.2) is 5.67 Å². The van der Waals surface area contributed by atoms with Gasteiger partial charge in [-0.1, -0.05) is 36.4 Å². The minimum absolute atomic E-state index is 0.0355. The lowest BCUT2D eigenvalue weighted by molar-refractivity contribution is -0.0481. The minimum Gasteiger partial charge on any atom is -0.462 e. The van der Waals surface area contributed by atoms with E-state index < -0.39 is 46.9 Å². The fourth-order valence-electron chi connectivity index (χ4n) is 4.31. The van der Waals surface area contributed by atoms with Crippen LogP contribution in [0.5, 0.6) is 0 Å². The Morgan fingerprint density at radius 2 is 1.59 bits per heavy atom. The molecule has 1 fully saturated rings. The van der Waals surface area contributed by atoms with E-state index in [0.717, 1.165) is 10.6 Å². The fraction of sp³-hybridized carbons (Fsp3) is 0.280. The van der Waals surface area contributed by atoms with E-state index in [1.54, 1.807) is 60.7 Å². The summed E-state index contributed by atoms with van der Waals surface area (Å²) in [7, 11) is 0. The zero-order valence-electron chi connectivity index (χ0n) is 18.3. The highest BCUT2D eigenvalue weighted by atomic mass is 19.1. The van der Waals surface area contributed by atoms with Crippen LogP contribution in [0, 0.1) is 5.92 Å². The zero-order chi connectivity index (χ0) is 24.3. The van der Waals surface area contributed by atoms with Crippen LogP contribution in [0.1, 0.15) is 40.1 Å². The van der Waals surface area contributed by atoms with Crippen molar-refractivity contribution in [3.05, 3.63) is 105 Å². The summed E-state index contributed by atoms with van der Waals surface area (Å²) in [6.07, 6.45) is -0.0705. The number of nitrogens with one attached hydrogen (secondary N) is 1. The molecule has 0 spiro atoms. The average molecular weight is 466 g/mol. The van der Waals surface area contributed by atoms with E-state index in [1.807, 2.05) is 0 Å². The molecule has 0 aliphatic heterocycles. The number of halogens is 1. The van der Waals surface area contributed by atoms with Gasteiger partial charge in [-0.25, -0.2) is 18.8 Å². The van der Waals surface area contributed by atoms with Gasteiger partial charge in [0.25, 0.3) is 5.56 Å². The molecule has 1 aliphatic rings. The number of hydrogen-bond donors (Lipinski definition) is 1. The van der Waals surface area contributed by atoms with E-state index in [4.69, 9.17) is 9.47 Å². The van der Waals surface area contributed by atoms with Crippen LogP contribution in [0.3, 0.4) is 0 Å². The van der Waals surface area contributed by atoms with Crippen LogP contribution < -0.4 is 11.2 Å². The molecule has 2 aromatic carbocycles. The standard InChI is InChI=1S/C25H23FN2O6/c1-25(26)19(28-13-12-20(29)27-24(28)32)14-18(15-33-22(30)16-8-4-2-5-9-16)21(25)34-23(31)17-10-6-3-7-11-17/h2-13,18-19,21H,14-15H2,1H3,(H,27,29,32)/t18-,19-,21-,25+/m1/s1. The van der Waals surface area contributed by atoms with Gasteiger partial charge in [0.05, 0.1) is 23.8 Å². The highest BCUT2D eigenvalue weighted by Crippen LogP contribution is 2.47. The van der Waals surface area contributed by atoms with Crippen molar-refractivity contribution in [2.24, 2.45) is 5.92 Å². The van der Waals surface area contributed by atoms with Gasteiger partial charge >= 0.3 is 17.6 Å². The molecule has 1 heterocycles. The maximum Gasteiger partial charge on any atom is 0.338 e. The van der Waals surface area contributed by atoms with Crippen molar-refractivity contribution >= 4 is 11.9 Å². The Labute approximate surface area is 194 Å². The second kappa shape index (κ2) is 9.46. The molecule has 34 heavy (non-hydrogen) atoms. The summed E-state index contributed by atoms with van der Waals surface area (Å²) in [5.74, 6) is -2.07. The maximum atomic E-state index is 16.2. The second-order valence-electron chi connectivity index (χ2n) is 8.34. The highest BCUT2D eigenvalue weighted by Gasteiger charge is 2.57. The van der Waals surface area contributed by atoms with E-state index in [2.05, 4.69) is 4.98 Å². The van der Waals surface area contributed by atoms with Gasteiger partial charge in [-0.05, 0) is 37.6 Å². The number of hydrogen-bond acceptors (Lipinski definition) is 6. The lowest BCUT2D eigenvalue weighted by atomic mass is 9.98. The van der Waals surface area contributed by atoms with Gasteiger partial charge in [0.1, 0.15) is 6.10 Å². The number of nitrogens with zero attached hydrogens (tertiary/aromatic N) is 1. The third kappa shape index (κ3) is 4.68. The molecule has 0 radical (unpaired) electrons. The molecule has 9 heteroatoms. The second-order valence-corrected chi connectivity index (χ2v) is 8.34.